The van der Waals surface area contributed by atoms with Gasteiger partial charge in [0.2, 0.25) is 17.7 Å². The predicted octanol–water partition coefficient (Wildman–Crippen LogP) is 4.04. The summed E-state index contributed by atoms with van der Waals surface area (Å²) in [5, 5.41) is 6.32. The van der Waals surface area contributed by atoms with Crippen LogP contribution in [-0.4, -0.2) is 45.7 Å². The Morgan fingerprint density at radius 1 is 1.03 bits per heavy atom. The third-order valence-electron chi connectivity index (χ3n) is 8.37. The fourth-order valence-corrected chi connectivity index (χ4v) is 6.52. The van der Waals surface area contributed by atoms with E-state index in [1.165, 1.54) is 17.5 Å². The number of pyridine rings is 1. The van der Waals surface area contributed by atoms with Gasteiger partial charge in [-0.2, -0.15) is 0 Å². The van der Waals surface area contributed by atoms with Crippen molar-refractivity contribution in [2.45, 2.75) is 96.3 Å². The fraction of sp³-hybridized carbons (Fsp3) is 0.548. The number of nitrogens with zero attached hydrogens (tertiary/aromatic N) is 2. The Hall–Kier alpha value is -3.22. The number of rotatable bonds is 7. The Kier molecular flexibility index (Phi) is 7.82. The van der Waals surface area contributed by atoms with E-state index in [1.54, 1.807) is 4.90 Å². The monoisotopic (exact) mass is 516 g/mol. The number of carbonyl (C=O) groups is 3. The molecule has 5 rings (SSSR count). The molecule has 1 aromatic carbocycles. The second kappa shape index (κ2) is 11.3. The highest BCUT2D eigenvalue weighted by atomic mass is 16.2. The van der Waals surface area contributed by atoms with Crippen LogP contribution in [0.5, 0.6) is 0 Å². The summed E-state index contributed by atoms with van der Waals surface area (Å²) in [6.45, 7) is 5.96. The first-order valence-electron chi connectivity index (χ1n) is 14.2. The van der Waals surface area contributed by atoms with Crippen LogP contribution in [0.3, 0.4) is 0 Å². The van der Waals surface area contributed by atoms with Crippen molar-refractivity contribution in [2.24, 2.45) is 11.8 Å². The van der Waals surface area contributed by atoms with Gasteiger partial charge in [-0.3, -0.25) is 19.4 Å². The lowest BCUT2D eigenvalue weighted by Crippen LogP contribution is -2.67. The van der Waals surface area contributed by atoms with E-state index in [0.29, 0.717) is 12.1 Å². The van der Waals surface area contributed by atoms with E-state index in [0.717, 1.165) is 44.2 Å². The summed E-state index contributed by atoms with van der Waals surface area (Å²) >= 11 is 0. The van der Waals surface area contributed by atoms with Crippen LogP contribution < -0.4 is 10.6 Å². The Balaban J connectivity index is 1.51. The summed E-state index contributed by atoms with van der Waals surface area (Å²) in [6, 6.07) is 11.5. The Labute approximate surface area is 225 Å². The van der Waals surface area contributed by atoms with Gasteiger partial charge in [-0.15, -0.1) is 0 Å². The summed E-state index contributed by atoms with van der Waals surface area (Å²) < 4.78 is 0. The van der Waals surface area contributed by atoms with Crippen LogP contribution >= 0.6 is 0 Å². The van der Waals surface area contributed by atoms with Gasteiger partial charge in [0, 0.05) is 11.7 Å². The molecule has 3 unspecified atom stereocenters. The van der Waals surface area contributed by atoms with Gasteiger partial charge in [0.1, 0.15) is 12.1 Å². The van der Waals surface area contributed by atoms with Crippen molar-refractivity contribution in [3.8, 4) is 0 Å². The molecular weight excluding hydrogens is 476 g/mol. The smallest absolute Gasteiger partial charge is 0.249 e. The summed E-state index contributed by atoms with van der Waals surface area (Å²) in [7, 11) is 0. The molecule has 1 saturated carbocycles. The van der Waals surface area contributed by atoms with Crippen molar-refractivity contribution in [3.63, 3.8) is 0 Å². The summed E-state index contributed by atoms with van der Waals surface area (Å²) in [5.41, 5.74) is 3.74. The minimum Gasteiger partial charge on any atom is -0.351 e. The van der Waals surface area contributed by atoms with E-state index >= 15 is 0 Å². The molecule has 2 N–H and O–H groups in total. The van der Waals surface area contributed by atoms with Crippen molar-refractivity contribution in [1.29, 1.82) is 0 Å². The summed E-state index contributed by atoms with van der Waals surface area (Å²) in [6.07, 6.45) is 7.18. The molecule has 3 amide bonds. The first-order chi connectivity index (χ1) is 18.3. The minimum atomic E-state index is -0.953. The molecular formula is C31H40N4O3. The topological polar surface area (TPSA) is 91.4 Å². The van der Waals surface area contributed by atoms with Gasteiger partial charge < -0.3 is 15.5 Å². The maximum atomic E-state index is 14.4. The molecule has 1 saturated heterocycles. The van der Waals surface area contributed by atoms with Crippen LogP contribution in [0, 0.1) is 18.8 Å². The number of nitrogens with one attached hydrogen (secondary N) is 2. The lowest BCUT2D eigenvalue weighted by molar-refractivity contribution is -0.158. The number of aryl methyl sites for hydroxylation is 1. The van der Waals surface area contributed by atoms with Gasteiger partial charge in [-0.25, -0.2) is 0 Å². The van der Waals surface area contributed by atoms with Gasteiger partial charge in [-0.1, -0.05) is 63.4 Å². The van der Waals surface area contributed by atoms with E-state index in [-0.39, 0.29) is 35.6 Å². The second-order valence-corrected chi connectivity index (χ2v) is 11.8. The quantitative estimate of drug-likeness (QED) is 0.581. The van der Waals surface area contributed by atoms with Gasteiger partial charge in [-0.05, 0) is 74.1 Å². The molecule has 0 radical (unpaired) electrons. The van der Waals surface area contributed by atoms with Crippen molar-refractivity contribution in [2.75, 3.05) is 0 Å². The lowest BCUT2D eigenvalue weighted by Gasteiger charge is -2.44. The van der Waals surface area contributed by atoms with Crippen molar-refractivity contribution < 1.29 is 14.4 Å². The van der Waals surface area contributed by atoms with Crippen molar-refractivity contribution in [1.82, 2.24) is 20.5 Å². The largest absolute Gasteiger partial charge is 0.351 e. The molecule has 2 aliphatic carbocycles. The molecule has 0 spiro atoms. The van der Waals surface area contributed by atoms with Crippen LogP contribution in [0.15, 0.2) is 42.5 Å². The zero-order valence-electron chi connectivity index (χ0n) is 22.8. The maximum Gasteiger partial charge on any atom is 0.249 e. The van der Waals surface area contributed by atoms with Gasteiger partial charge in [0.15, 0.2) is 6.04 Å². The minimum absolute atomic E-state index is 0.0427. The molecule has 3 atom stereocenters. The number of piperazine rings is 1. The maximum absolute atomic E-state index is 14.4. The molecule has 0 bridgehead atoms. The first-order valence-corrected chi connectivity index (χ1v) is 14.2. The molecule has 2 heterocycles. The van der Waals surface area contributed by atoms with E-state index in [2.05, 4.69) is 22.8 Å². The predicted molar refractivity (Wildman–Crippen MR) is 146 cm³/mol. The van der Waals surface area contributed by atoms with E-state index in [9.17, 15) is 14.4 Å². The molecule has 7 heteroatoms. The third-order valence-corrected chi connectivity index (χ3v) is 8.37. The van der Waals surface area contributed by atoms with Crippen LogP contribution in [-0.2, 0) is 27.2 Å². The zero-order valence-corrected chi connectivity index (χ0v) is 22.8. The van der Waals surface area contributed by atoms with E-state index in [4.69, 9.17) is 4.98 Å². The Morgan fingerprint density at radius 2 is 1.71 bits per heavy atom. The number of hydrogen-bond acceptors (Lipinski definition) is 4. The molecule has 1 aromatic heterocycles. The van der Waals surface area contributed by atoms with Crippen LogP contribution in [0.2, 0.25) is 0 Å². The Morgan fingerprint density at radius 3 is 2.34 bits per heavy atom. The van der Waals surface area contributed by atoms with Crippen LogP contribution in [0.1, 0.15) is 80.9 Å². The van der Waals surface area contributed by atoms with Crippen molar-refractivity contribution in [3.05, 3.63) is 65.0 Å². The number of hydrogen-bond donors (Lipinski definition) is 2. The summed E-state index contributed by atoms with van der Waals surface area (Å²) in [4.78, 5) is 48.4. The molecule has 2 fully saturated rings. The highest BCUT2D eigenvalue weighted by Crippen LogP contribution is 2.35. The molecule has 38 heavy (non-hydrogen) atoms. The van der Waals surface area contributed by atoms with Crippen LogP contribution in [0.25, 0.3) is 0 Å². The SMILES string of the molecule is Cc1cccc(C(C(=O)NC2CCCCC2)N2C(=O)C(C3Cc4ccccc4C3)NC(=O)C2CC(C)C)n1. The molecule has 202 valence electrons. The fourth-order valence-electron chi connectivity index (χ4n) is 6.52. The highest BCUT2D eigenvalue weighted by Gasteiger charge is 2.50. The number of amides is 3. The normalized spacial score (nSPS) is 23.3. The third kappa shape index (κ3) is 5.47. The average molecular weight is 517 g/mol. The highest BCUT2D eigenvalue weighted by molar-refractivity contribution is 6.00. The van der Waals surface area contributed by atoms with Crippen molar-refractivity contribution >= 4 is 17.7 Å². The number of fused-ring (bicyclic) bond motifs is 1. The zero-order chi connectivity index (χ0) is 26.8. The van der Waals surface area contributed by atoms with Gasteiger partial charge >= 0.3 is 0 Å². The molecule has 3 aliphatic rings. The first kappa shape index (κ1) is 26.4. The summed E-state index contributed by atoms with van der Waals surface area (Å²) in [5.74, 6) is -0.470. The lowest BCUT2D eigenvalue weighted by atomic mass is 9.88. The standard InChI is InChI=1S/C31H40N4O3/c1-19(2)16-26-29(36)34-27(23-17-21-11-7-8-12-22(21)18-23)31(38)35(26)28(25-15-9-10-20(3)32-25)30(37)33-24-13-5-4-6-14-24/h7-12,15,19,23-24,26-28H,4-6,13-14,16-18H2,1-3H3,(H,33,37)(H,34,36). The van der Waals surface area contributed by atoms with Gasteiger partial charge in [0.25, 0.3) is 0 Å². The Bertz CT molecular complexity index is 1160. The number of carbonyl (C=O) groups excluding carboxylic acids is 3. The number of benzene rings is 1. The molecule has 2 aromatic rings. The van der Waals surface area contributed by atoms with E-state index in [1.807, 2.05) is 51.1 Å². The van der Waals surface area contributed by atoms with E-state index < -0.39 is 18.1 Å². The molecule has 1 aliphatic heterocycles. The van der Waals surface area contributed by atoms with Gasteiger partial charge in [0.05, 0.1) is 5.69 Å². The second-order valence-electron chi connectivity index (χ2n) is 11.8. The average Bonchev–Trinajstić information content (AvgIpc) is 3.32. The van der Waals surface area contributed by atoms with Crippen LogP contribution in [0.4, 0.5) is 0 Å². The molecule has 7 nitrogen and oxygen atoms in total. The number of aromatic nitrogens is 1.